The third-order valence-corrected chi connectivity index (χ3v) is 6.38. The summed E-state index contributed by atoms with van der Waals surface area (Å²) < 4.78 is 38.0. The van der Waals surface area contributed by atoms with Crippen molar-refractivity contribution >= 4 is 15.9 Å². The fourth-order valence-corrected chi connectivity index (χ4v) is 4.44. The highest BCUT2D eigenvalue weighted by atomic mass is 32.2. The van der Waals surface area contributed by atoms with Crippen LogP contribution in [0.25, 0.3) is 0 Å². The molecule has 2 heterocycles. The summed E-state index contributed by atoms with van der Waals surface area (Å²) in [5, 5.41) is 0. The quantitative estimate of drug-likeness (QED) is 0.787. The summed E-state index contributed by atoms with van der Waals surface area (Å²) in [6.45, 7) is 4.43. The molecule has 0 aliphatic carbocycles. The van der Waals surface area contributed by atoms with E-state index in [1.54, 1.807) is 17.0 Å². The van der Waals surface area contributed by atoms with Crippen LogP contribution in [0.5, 0.6) is 11.5 Å². The Balaban J connectivity index is 1.67. The summed E-state index contributed by atoms with van der Waals surface area (Å²) in [5.41, 5.74) is 0. The van der Waals surface area contributed by atoms with Crippen LogP contribution in [-0.2, 0) is 14.8 Å². The van der Waals surface area contributed by atoms with Gasteiger partial charge in [-0.1, -0.05) is 13.3 Å². The number of piperazine rings is 1. The second kappa shape index (κ2) is 7.61. The fourth-order valence-electron chi connectivity index (χ4n) is 3.00. The van der Waals surface area contributed by atoms with Crippen molar-refractivity contribution in [2.24, 2.45) is 0 Å². The molecule has 1 amide bonds. The van der Waals surface area contributed by atoms with Gasteiger partial charge in [0.1, 0.15) is 13.2 Å². The molecule has 0 saturated carbocycles. The molecule has 7 nitrogen and oxygen atoms in total. The van der Waals surface area contributed by atoms with Gasteiger partial charge in [0, 0.05) is 38.7 Å². The van der Waals surface area contributed by atoms with Crippen molar-refractivity contribution in [1.29, 1.82) is 0 Å². The lowest BCUT2D eigenvalue weighted by Gasteiger charge is -2.34. The van der Waals surface area contributed by atoms with Gasteiger partial charge in [-0.15, -0.1) is 0 Å². The number of fused-ring (bicyclic) bond motifs is 1. The molecule has 0 bridgehead atoms. The molecule has 0 spiro atoms. The first-order valence-electron chi connectivity index (χ1n) is 8.70. The lowest BCUT2D eigenvalue weighted by Crippen LogP contribution is -2.50. The fraction of sp³-hybridized carbons (Fsp3) is 0.588. The zero-order chi connectivity index (χ0) is 17.9. The van der Waals surface area contributed by atoms with Crippen LogP contribution in [0.1, 0.15) is 26.2 Å². The van der Waals surface area contributed by atoms with Gasteiger partial charge in [0.2, 0.25) is 15.9 Å². The Morgan fingerprint density at radius 1 is 1.08 bits per heavy atom. The van der Waals surface area contributed by atoms with Gasteiger partial charge < -0.3 is 14.4 Å². The average Bonchev–Trinajstić information content (AvgIpc) is 2.65. The SMILES string of the molecule is CCCCC(=O)N1CCN(S(=O)(=O)c2ccc3c(c2)OCCO3)CC1. The number of unbranched alkanes of at least 4 members (excludes halogenated alkanes) is 1. The van der Waals surface area contributed by atoms with E-state index in [0.717, 1.165) is 12.8 Å². The highest BCUT2D eigenvalue weighted by molar-refractivity contribution is 7.89. The zero-order valence-electron chi connectivity index (χ0n) is 14.4. The molecule has 1 saturated heterocycles. The number of hydrogen-bond acceptors (Lipinski definition) is 5. The molecule has 0 radical (unpaired) electrons. The van der Waals surface area contributed by atoms with E-state index in [1.807, 2.05) is 6.92 Å². The van der Waals surface area contributed by atoms with E-state index in [4.69, 9.17) is 9.47 Å². The Kier molecular flexibility index (Phi) is 5.48. The third kappa shape index (κ3) is 3.90. The standard InChI is InChI=1S/C17H24N2O5S/c1-2-3-4-17(20)18-7-9-19(10-8-18)25(21,22)14-5-6-15-16(13-14)24-12-11-23-15/h5-6,13H,2-4,7-12H2,1H3. The van der Waals surface area contributed by atoms with E-state index in [9.17, 15) is 13.2 Å². The molecule has 138 valence electrons. The van der Waals surface area contributed by atoms with Crippen LogP contribution in [0.4, 0.5) is 0 Å². The lowest BCUT2D eigenvalue weighted by molar-refractivity contribution is -0.132. The van der Waals surface area contributed by atoms with Gasteiger partial charge >= 0.3 is 0 Å². The summed E-state index contributed by atoms with van der Waals surface area (Å²) in [5.74, 6) is 1.13. The van der Waals surface area contributed by atoms with Crippen LogP contribution in [0, 0.1) is 0 Å². The topological polar surface area (TPSA) is 76.2 Å². The molecular formula is C17H24N2O5S. The highest BCUT2D eigenvalue weighted by Gasteiger charge is 2.30. The molecule has 1 aromatic carbocycles. The van der Waals surface area contributed by atoms with Gasteiger partial charge in [0.25, 0.3) is 0 Å². The Morgan fingerprint density at radius 2 is 1.76 bits per heavy atom. The second-order valence-electron chi connectivity index (χ2n) is 6.19. The van der Waals surface area contributed by atoms with Crippen molar-refractivity contribution in [3.63, 3.8) is 0 Å². The van der Waals surface area contributed by atoms with Crippen LogP contribution in [0.2, 0.25) is 0 Å². The summed E-state index contributed by atoms with van der Waals surface area (Å²) in [6, 6.07) is 4.69. The van der Waals surface area contributed by atoms with Crippen LogP contribution in [0.3, 0.4) is 0 Å². The molecule has 0 N–H and O–H groups in total. The maximum absolute atomic E-state index is 12.8. The van der Waals surface area contributed by atoms with Crippen molar-refractivity contribution in [1.82, 2.24) is 9.21 Å². The van der Waals surface area contributed by atoms with Gasteiger partial charge in [0.15, 0.2) is 11.5 Å². The molecule has 0 atom stereocenters. The zero-order valence-corrected chi connectivity index (χ0v) is 15.3. The Hall–Kier alpha value is -1.80. The van der Waals surface area contributed by atoms with Gasteiger partial charge in [0.05, 0.1) is 4.90 Å². The molecule has 25 heavy (non-hydrogen) atoms. The van der Waals surface area contributed by atoms with Crippen molar-refractivity contribution in [2.45, 2.75) is 31.1 Å². The molecular weight excluding hydrogens is 344 g/mol. The highest BCUT2D eigenvalue weighted by Crippen LogP contribution is 2.33. The van der Waals surface area contributed by atoms with Crippen LogP contribution in [-0.4, -0.2) is 62.9 Å². The van der Waals surface area contributed by atoms with Crippen molar-refractivity contribution in [2.75, 3.05) is 39.4 Å². The first-order chi connectivity index (χ1) is 12.0. The van der Waals surface area contributed by atoms with Crippen LogP contribution in [0.15, 0.2) is 23.1 Å². The number of carbonyl (C=O) groups excluding carboxylic acids is 1. The number of amides is 1. The number of ether oxygens (including phenoxy) is 2. The Labute approximate surface area is 148 Å². The number of sulfonamides is 1. The summed E-state index contributed by atoms with van der Waals surface area (Å²) in [7, 11) is -3.60. The maximum atomic E-state index is 12.8. The number of nitrogens with zero attached hydrogens (tertiary/aromatic N) is 2. The Morgan fingerprint density at radius 3 is 2.44 bits per heavy atom. The van der Waals surface area contributed by atoms with E-state index >= 15 is 0 Å². The number of hydrogen-bond donors (Lipinski definition) is 0. The van der Waals surface area contributed by atoms with E-state index in [-0.39, 0.29) is 10.8 Å². The predicted molar refractivity (Wildman–Crippen MR) is 92.3 cm³/mol. The van der Waals surface area contributed by atoms with Crippen molar-refractivity contribution < 1.29 is 22.7 Å². The van der Waals surface area contributed by atoms with Crippen molar-refractivity contribution in [3.8, 4) is 11.5 Å². The normalized spacial score (nSPS) is 18.2. The van der Waals surface area contributed by atoms with Gasteiger partial charge in [-0.2, -0.15) is 4.31 Å². The summed E-state index contributed by atoms with van der Waals surface area (Å²) in [4.78, 5) is 14.0. The minimum atomic E-state index is -3.60. The maximum Gasteiger partial charge on any atom is 0.243 e. The molecule has 0 unspecified atom stereocenters. The first kappa shape index (κ1) is 18.0. The van der Waals surface area contributed by atoms with E-state index in [2.05, 4.69) is 0 Å². The van der Waals surface area contributed by atoms with Crippen LogP contribution < -0.4 is 9.47 Å². The van der Waals surface area contributed by atoms with E-state index in [0.29, 0.717) is 57.3 Å². The number of carbonyl (C=O) groups is 1. The van der Waals surface area contributed by atoms with Gasteiger partial charge in [-0.05, 0) is 18.6 Å². The molecule has 8 heteroatoms. The first-order valence-corrected chi connectivity index (χ1v) is 10.1. The third-order valence-electron chi connectivity index (χ3n) is 4.49. The van der Waals surface area contributed by atoms with E-state index in [1.165, 1.54) is 10.4 Å². The van der Waals surface area contributed by atoms with Crippen molar-refractivity contribution in [3.05, 3.63) is 18.2 Å². The second-order valence-corrected chi connectivity index (χ2v) is 8.13. The average molecular weight is 368 g/mol. The van der Waals surface area contributed by atoms with E-state index < -0.39 is 10.0 Å². The lowest BCUT2D eigenvalue weighted by atomic mass is 10.2. The predicted octanol–water partition coefficient (Wildman–Crippen LogP) is 1.48. The minimum absolute atomic E-state index is 0.109. The summed E-state index contributed by atoms with van der Waals surface area (Å²) >= 11 is 0. The molecule has 2 aliphatic rings. The number of benzene rings is 1. The molecule has 1 fully saturated rings. The van der Waals surface area contributed by atoms with Gasteiger partial charge in [-0.25, -0.2) is 8.42 Å². The number of rotatable bonds is 5. The summed E-state index contributed by atoms with van der Waals surface area (Å²) in [6.07, 6.45) is 2.38. The molecule has 2 aliphatic heterocycles. The largest absolute Gasteiger partial charge is 0.486 e. The monoisotopic (exact) mass is 368 g/mol. The molecule has 1 aromatic rings. The smallest absolute Gasteiger partial charge is 0.243 e. The molecule has 3 rings (SSSR count). The van der Waals surface area contributed by atoms with Crippen LogP contribution >= 0.6 is 0 Å². The van der Waals surface area contributed by atoms with Gasteiger partial charge in [-0.3, -0.25) is 4.79 Å². The molecule has 0 aromatic heterocycles. The Bertz CT molecular complexity index is 727. The minimum Gasteiger partial charge on any atom is -0.486 e.